The summed E-state index contributed by atoms with van der Waals surface area (Å²) in [5.41, 5.74) is 2.19. The molecule has 2 N–H and O–H groups in total. The lowest BCUT2D eigenvalue weighted by molar-refractivity contribution is 0.234. The van der Waals surface area contributed by atoms with Crippen molar-refractivity contribution in [3.05, 3.63) is 71.8 Å². The molecule has 126 valence electrons. The van der Waals surface area contributed by atoms with Crippen molar-refractivity contribution in [1.82, 2.24) is 10.6 Å². The molecular formula is C21H26N2O. The summed E-state index contributed by atoms with van der Waals surface area (Å²) < 4.78 is 0. The highest BCUT2D eigenvalue weighted by Crippen LogP contribution is 2.23. The van der Waals surface area contributed by atoms with Gasteiger partial charge in [-0.05, 0) is 29.9 Å². The van der Waals surface area contributed by atoms with E-state index in [9.17, 15) is 4.79 Å². The first-order chi connectivity index (χ1) is 11.8. The molecule has 0 saturated heterocycles. The summed E-state index contributed by atoms with van der Waals surface area (Å²) in [6.07, 6.45) is 6.41. The van der Waals surface area contributed by atoms with E-state index in [1.54, 1.807) is 0 Å². The van der Waals surface area contributed by atoms with E-state index in [0.717, 1.165) is 17.7 Å². The molecule has 3 heteroatoms. The van der Waals surface area contributed by atoms with Crippen LogP contribution in [0.4, 0.5) is 4.79 Å². The van der Waals surface area contributed by atoms with Crippen LogP contribution in [0.1, 0.15) is 49.3 Å². The number of benzene rings is 2. The van der Waals surface area contributed by atoms with E-state index >= 15 is 0 Å². The van der Waals surface area contributed by atoms with E-state index in [2.05, 4.69) is 34.9 Å². The largest absolute Gasteiger partial charge is 0.338 e. The van der Waals surface area contributed by atoms with Gasteiger partial charge in [0.15, 0.2) is 0 Å². The topological polar surface area (TPSA) is 41.1 Å². The van der Waals surface area contributed by atoms with Crippen LogP contribution in [0, 0.1) is 5.92 Å². The van der Waals surface area contributed by atoms with Gasteiger partial charge >= 0.3 is 6.03 Å². The first-order valence-electron chi connectivity index (χ1n) is 8.97. The molecule has 1 aliphatic carbocycles. The van der Waals surface area contributed by atoms with E-state index in [-0.39, 0.29) is 12.1 Å². The number of amides is 2. The fourth-order valence-electron chi connectivity index (χ4n) is 3.46. The smallest absolute Gasteiger partial charge is 0.315 e. The van der Waals surface area contributed by atoms with Gasteiger partial charge in [-0.25, -0.2) is 4.79 Å². The Morgan fingerprint density at radius 1 is 0.875 bits per heavy atom. The number of nitrogens with one attached hydrogen (secondary N) is 2. The van der Waals surface area contributed by atoms with Crippen molar-refractivity contribution in [2.24, 2.45) is 5.92 Å². The second kappa shape index (κ2) is 8.53. The molecule has 0 aromatic heterocycles. The van der Waals surface area contributed by atoms with Gasteiger partial charge in [-0.15, -0.1) is 0 Å². The van der Waals surface area contributed by atoms with Crippen molar-refractivity contribution in [2.45, 2.75) is 38.1 Å². The Bertz CT molecular complexity index is 581. The van der Waals surface area contributed by atoms with Crippen LogP contribution in [0.15, 0.2) is 60.7 Å². The first-order valence-corrected chi connectivity index (χ1v) is 8.97. The molecule has 0 atom stereocenters. The Morgan fingerprint density at radius 3 is 1.96 bits per heavy atom. The third kappa shape index (κ3) is 4.60. The Kier molecular flexibility index (Phi) is 5.89. The van der Waals surface area contributed by atoms with Crippen LogP contribution in [0.3, 0.4) is 0 Å². The predicted octanol–water partition coefficient (Wildman–Crippen LogP) is 4.66. The number of rotatable bonds is 5. The molecule has 2 aromatic rings. The molecule has 3 rings (SSSR count). The van der Waals surface area contributed by atoms with E-state index < -0.39 is 0 Å². The molecule has 0 spiro atoms. The van der Waals surface area contributed by atoms with Crippen molar-refractivity contribution in [1.29, 1.82) is 0 Å². The highest BCUT2D eigenvalue weighted by Gasteiger charge is 2.18. The number of carbonyl (C=O) groups excluding carboxylic acids is 1. The zero-order valence-electron chi connectivity index (χ0n) is 14.1. The van der Waals surface area contributed by atoms with Gasteiger partial charge in [0.05, 0.1) is 6.04 Å². The standard InChI is InChI=1S/C21H26N2O/c24-21(22-16-17-10-4-1-5-11-17)23-20(18-12-6-2-7-13-18)19-14-8-3-9-15-19/h2-3,6-9,12-15,17,20H,1,4-5,10-11,16H2,(H2,22,23,24). The van der Waals surface area contributed by atoms with Crippen LogP contribution in [-0.2, 0) is 0 Å². The monoisotopic (exact) mass is 322 g/mol. The summed E-state index contributed by atoms with van der Waals surface area (Å²) in [4.78, 5) is 12.4. The summed E-state index contributed by atoms with van der Waals surface area (Å²) >= 11 is 0. The van der Waals surface area contributed by atoms with Crippen molar-refractivity contribution >= 4 is 6.03 Å². The van der Waals surface area contributed by atoms with E-state index in [1.165, 1.54) is 32.1 Å². The van der Waals surface area contributed by atoms with E-state index in [0.29, 0.717) is 5.92 Å². The summed E-state index contributed by atoms with van der Waals surface area (Å²) in [5, 5.41) is 6.21. The maximum atomic E-state index is 12.4. The van der Waals surface area contributed by atoms with Crippen molar-refractivity contribution in [3.63, 3.8) is 0 Å². The minimum atomic E-state index is -0.126. The van der Waals surface area contributed by atoms with Crippen LogP contribution in [0.5, 0.6) is 0 Å². The van der Waals surface area contributed by atoms with Gasteiger partial charge in [0.1, 0.15) is 0 Å². The zero-order chi connectivity index (χ0) is 16.6. The van der Waals surface area contributed by atoms with Gasteiger partial charge in [0.2, 0.25) is 0 Å². The molecule has 0 bridgehead atoms. The van der Waals surface area contributed by atoms with Gasteiger partial charge in [-0.1, -0.05) is 79.9 Å². The lowest BCUT2D eigenvalue weighted by atomic mass is 9.89. The maximum absolute atomic E-state index is 12.4. The normalized spacial score (nSPS) is 15.2. The first kappa shape index (κ1) is 16.6. The molecule has 1 fully saturated rings. The van der Waals surface area contributed by atoms with Crippen LogP contribution in [0.25, 0.3) is 0 Å². The van der Waals surface area contributed by atoms with Crippen LogP contribution in [0.2, 0.25) is 0 Å². The predicted molar refractivity (Wildman–Crippen MR) is 97.8 cm³/mol. The minimum Gasteiger partial charge on any atom is -0.338 e. The van der Waals surface area contributed by atoms with Crippen molar-refractivity contribution < 1.29 is 4.79 Å². The Balaban J connectivity index is 1.64. The summed E-state index contributed by atoms with van der Waals surface area (Å²) in [6, 6.07) is 20.0. The highest BCUT2D eigenvalue weighted by molar-refractivity contribution is 5.75. The molecule has 0 radical (unpaired) electrons. The van der Waals surface area contributed by atoms with Gasteiger partial charge in [0, 0.05) is 6.54 Å². The Hall–Kier alpha value is -2.29. The maximum Gasteiger partial charge on any atom is 0.315 e. The van der Waals surface area contributed by atoms with E-state index in [4.69, 9.17) is 0 Å². The molecule has 1 aliphatic rings. The lowest BCUT2D eigenvalue weighted by Crippen LogP contribution is -2.40. The quantitative estimate of drug-likeness (QED) is 0.826. The van der Waals surface area contributed by atoms with Crippen LogP contribution in [-0.4, -0.2) is 12.6 Å². The molecule has 24 heavy (non-hydrogen) atoms. The van der Waals surface area contributed by atoms with E-state index in [1.807, 2.05) is 36.4 Å². The lowest BCUT2D eigenvalue weighted by Gasteiger charge is -2.24. The Labute approximate surface area is 144 Å². The number of urea groups is 1. The van der Waals surface area contributed by atoms with Gasteiger partial charge in [0.25, 0.3) is 0 Å². The van der Waals surface area contributed by atoms with Crippen LogP contribution < -0.4 is 10.6 Å². The molecule has 3 nitrogen and oxygen atoms in total. The summed E-state index contributed by atoms with van der Waals surface area (Å²) in [6.45, 7) is 0.780. The highest BCUT2D eigenvalue weighted by atomic mass is 16.2. The van der Waals surface area contributed by atoms with Gasteiger partial charge in [-0.2, -0.15) is 0 Å². The average Bonchev–Trinajstić information content (AvgIpc) is 2.67. The van der Waals surface area contributed by atoms with Gasteiger partial charge in [-0.3, -0.25) is 0 Å². The minimum absolute atomic E-state index is 0.0849. The summed E-state index contributed by atoms with van der Waals surface area (Å²) in [7, 11) is 0. The average molecular weight is 322 g/mol. The second-order valence-electron chi connectivity index (χ2n) is 6.61. The molecule has 0 aliphatic heterocycles. The molecule has 0 unspecified atom stereocenters. The molecule has 0 heterocycles. The summed E-state index contributed by atoms with van der Waals surface area (Å²) in [5.74, 6) is 0.636. The third-order valence-electron chi connectivity index (χ3n) is 4.82. The third-order valence-corrected chi connectivity index (χ3v) is 4.82. The number of hydrogen-bond donors (Lipinski definition) is 2. The van der Waals surface area contributed by atoms with Crippen LogP contribution >= 0.6 is 0 Å². The van der Waals surface area contributed by atoms with Gasteiger partial charge < -0.3 is 10.6 Å². The number of carbonyl (C=O) groups is 1. The van der Waals surface area contributed by atoms with Crippen molar-refractivity contribution in [3.8, 4) is 0 Å². The SMILES string of the molecule is O=C(NCC1CCCCC1)NC(c1ccccc1)c1ccccc1. The Morgan fingerprint density at radius 2 is 1.42 bits per heavy atom. The fraction of sp³-hybridized carbons (Fsp3) is 0.381. The van der Waals surface area contributed by atoms with Crippen molar-refractivity contribution in [2.75, 3.05) is 6.54 Å². The molecule has 2 aromatic carbocycles. The molecular weight excluding hydrogens is 296 g/mol. The second-order valence-corrected chi connectivity index (χ2v) is 6.61. The zero-order valence-corrected chi connectivity index (χ0v) is 14.1. The fourth-order valence-corrected chi connectivity index (χ4v) is 3.46. The molecule has 2 amide bonds. The molecule has 1 saturated carbocycles. The number of hydrogen-bond acceptors (Lipinski definition) is 1.